The van der Waals surface area contributed by atoms with Gasteiger partial charge in [0.2, 0.25) is 5.91 Å². The smallest absolute Gasteiger partial charge is 0.328 e. The molecule has 110 valence electrons. The number of carboxylic acids is 1. The van der Waals surface area contributed by atoms with E-state index in [2.05, 4.69) is 0 Å². The van der Waals surface area contributed by atoms with Gasteiger partial charge in [-0.2, -0.15) is 0 Å². The fourth-order valence-corrected chi connectivity index (χ4v) is 1.63. The summed E-state index contributed by atoms with van der Waals surface area (Å²) in [4.78, 5) is 48.6. The number of aromatic amines is 1. The first-order valence-corrected chi connectivity index (χ1v) is 5.93. The molecular weight excluding hydrogens is 266 g/mol. The van der Waals surface area contributed by atoms with Gasteiger partial charge in [0.1, 0.15) is 13.1 Å². The van der Waals surface area contributed by atoms with Gasteiger partial charge in [-0.3, -0.25) is 23.9 Å². The molecule has 8 heteroatoms. The van der Waals surface area contributed by atoms with Crippen molar-refractivity contribution in [3.8, 4) is 0 Å². The Bertz CT molecular complexity index is 623. The third-order valence-electron chi connectivity index (χ3n) is 2.61. The third kappa shape index (κ3) is 4.08. The van der Waals surface area contributed by atoms with Crippen molar-refractivity contribution in [1.29, 1.82) is 0 Å². The normalized spacial score (nSPS) is 11.2. The predicted molar refractivity (Wildman–Crippen MR) is 70.4 cm³/mol. The molecule has 1 aromatic rings. The fraction of sp³-hybridized carbons (Fsp3) is 0.500. The highest BCUT2D eigenvalue weighted by Gasteiger charge is 2.28. The van der Waals surface area contributed by atoms with Crippen LogP contribution in [0.5, 0.6) is 0 Å². The van der Waals surface area contributed by atoms with E-state index in [9.17, 15) is 19.2 Å². The van der Waals surface area contributed by atoms with E-state index < -0.39 is 35.2 Å². The quantitative estimate of drug-likeness (QED) is 0.755. The number of nitrogens with one attached hydrogen (secondary N) is 1. The summed E-state index contributed by atoms with van der Waals surface area (Å²) in [5.74, 6) is -1.66. The van der Waals surface area contributed by atoms with Gasteiger partial charge < -0.3 is 10.0 Å². The van der Waals surface area contributed by atoms with Gasteiger partial charge in [-0.1, -0.05) is 0 Å². The van der Waals surface area contributed by atoms with Crippen LogP contribution in [0.1, 0.15) is 20.8 Å². The molecule has 0 radical (unpaired) electrons. The summed E-state index contributed by atoms with van der Waals surface area (Å²) in [6.07, 6.45) is 1.20. The molecule has 0 saturated carbocycles. The van der Waals surface area contributed by atoms with E-state index in [1.54, 1.807) is 20.8 Å². The Morgan fingerprint density at radius 1 is 1.35 bits per heavy atom. The molecule has 0 aliphatic heterocycles. The summed E-state index contributed by atoms with van der Waals surface area (Å²) < 4.78 is 1.02. The highest BCUT2D eigenvalue weighted by Crippen LogP contribution is 2.13. The molecule has 1 amide bonds. The number of rotatable bonds is 4. The molecule has 0 saturated heterocycles. The first-order chi connectivity index (χ1) is 9.11. The van der Waals surface area contributed by atoms with Crippen molar-refractivity contribution >= 4 is 11.9 Å². The van der Waals surface area contributed by atoms with E-state index in [-0.39, 0.29) is 6.54 Å². The van der Waals surface area contributed by atoms with Gasteiger partial charge in [-0.25, -0.2) is 4.79 Å². The lowest BCUT2D eigenvalue weighted by molar-refractivity contribution is -0.148. The molecule has 0 unspecified atom stereocenters. The SMILES string of the molecule is CC(C)(C)N(CC(=O)O)C(=O)Cn1ccc(=O)[nH]c1=O. The molecule has 0 fully saturated rings. The molecule has 1 aromatic heterocycles. The minimum absolute atomic E-state index is 0.333. The summed E-state index contributed by atoms with van der Waals surface area (Å²) in [6.45, 7) is 4.30. The van der Waals surface area contributed by atoms with Gasteiger partial charge in [0.05, 0.1) is 0 Å². The lowest BCUT2D eigenvalue weighted by Crippen LogP contribution is -2.50. The molecule has 1 heterocycles. The van der Waals surface area contributed by atoms with Gasteiger partial charge in [0.25, 0.3) is 5.56 Å². The highest BCUT2D eigenvalue weighted by molar-refractivity contribution is 5.81. The van der Waals surface area contributed by atoms with Gasteiger partial charge in [-0.15, -0.1) is 0 Å². The van der Waals surface area contributed by atoms with Crippen LogP contribution in [-0.2, 0) is 16.1 Å². The van der Waals surface area contributed by atoms with Crippen LogP contribution in [0.3, 0.4) is 0 Å². The number of amides is 1. The molecule has 0 aliphatic rings. The Kier molecular flexibility index (Phi) is 4.49. The summed E-state index contributed by atoms with van der Waals surface area (Å²) >= 11 is 0. The van der Waals surface area contributed by atoms with E-state index in [0.29, 0.717) is 0 Å². The second-order valence-electron chi connectivity index (χ2n) is 5.28. The monoisotopic (exact) mass is 283 g/mol. The number of aliphatic carboxylic acids is 1. The van der Waals surface area contributed by atoms with Crippen molar-refractivity contribution in [2.24, 2.45) is 0 Å². The molecule has 0 spiro atoms. The summed E-state index contributed by atoms with van der Waals surface area (Å²) in [5.41, 5.74) is -1.96. The van der Waals surface area contributed by atoms with Crippen LogP contribution in [0.25, 0.3) is 0 Å². The van der Waals surface area contributed by atoms with Gasteiger partial charge in [0.15, 0.2) is 0 Å². The fourth-order valence-electron chi connectivity index (χ4n) is 1.63. The summed E-state index contributed by atoms with van der Waals surface area (Å²) in [7, 11) is 0. The van der Waals surface area contributed by atoms with Gasteiger partial charge in [-0.05, 0) is 20.8 Å². The van der Waals surface area contributed by atoms with Crippen molar-refractivity contribution in [1.82, 2.24) is 14.5 Å². The zero-order valence-electron chi connectivity index (χ0n) is 11.5. The van der Waals surface area contributed by atoms with E-state index in [1.807, 2.05) is 4.98 Å². The van der Waals surface area contributed by atoms with Crippen molar-refractivity contribution in [3.05, 3.63) is 33.1 Å². The molecule has 0 aromatic carbocycles. The zero-order chi connectivity index (χ0) is 15.5. The van der Waals surface area contributed by atoms with Crippen molar-refractivity contribution in [3.63, 3.8) is 0 Å². The van der Waals surface area contributed by atoms with Crippen LogP contribution in [0, 0.1) is 0 Å². The molecule has 8 nitrogen and oxygen atoms in total. The number of carbonyl (C=O) groups excluding carboxylic acids is 1. The number of carboxylic acid groups (broad SMARTS) is 1. The number of hydrogen-bond donors (Lipinski definition) is 2. The van der Waals surface area contributed by atoms with E-state index in [4.69, 9.17) is 5.11 Å². The molecule has 20 heavy (non-hydrogen) atoms. The van der Waals surface area contributed by atoms with Gasteiger partial charge in [0, 0.05) is 17.8 Å². The largest absolute Gasteiger partial charge is 0.480 e. The Labute approximate surface area is 114 Å². The Morgan fingerprint density at radius 3 is 2.40 bits per heavy atom. The van der Waals surface area contributed by atoms with Crippen molar-refractivity contribution in [2.45, 2.75) is 32.9 Å². The Hall–Kier alpha value is -2.38. The van der Waals surface area contributed by atoms with Crippen LogP contribution in [0.4, 0.5) is 0 Å². The summed E-state index contributed by atoms with van der Waals surface area (Å²) in [6, 6.07) is 1.12. The maximum atomic E-state index is 12.1. The molecule has 0 atom stereocenters. The van der Waals surface area contributed by atoms with Crippen LogP contribution < -0.4 is 11.2 Å². The molecule has 2 N–H and O–H groups in total. The lowest BCUT2D eigenvalue weighted by atomic mass is 10.1. The van der Waals surface area contributed by atoms with Crippen molar-refractivity contribution in [2.75, 3.05) is 6.54 Å². The standard InChI is InChI=1S/C12H17N3O5/c1-12(2,3)15(7-10(18)19)9(17)6-14-5-4-8(16)13-11(14)20/h4-5H,6-7H2,1-3H3,(H,18,19)(H,13,16,20). The summed E-state index contributed by atoms with van der Waals surface area (Å²) in [5, 5.41) is 8.84. The third-order valence-corrected chi connectivity index (χ3v) is 2.61. The molecule has 0 aliphatic carbocycles. The number of aromatic nitrogens is 2. The lowest BCUT2D eigenvalue weighted by Gasteiger charge is -2.34. The van der Waals surface area contributed by atoms with E-state index in [0.717, 1.165) is 15.5 Å². The maximum absolute atomic E-state index is 12.1. The van der Waals surface area contributed by atoms with E-state index >= 15 is 0 Å². The van der Waals surface area contributed by atoms with Crippen LogP contribution in [0.15, 0.2) is 21.9 Å². The van der Waals surface area contributed by atoms with Crippen molar-refractivity contribution < 1.29 is 14.7 Å². The molecule has 1 rings (SSSR count). The number of hydrogen-bond acceptors (Lipinski definition) is 4. The average Bonchev–Trinajstić information content (AvgIpc) is 2.28. The van der Waals surface area contributed by atoms with Gasteiger partial charge >= 0.3 is 11.7 Å². The minimum Gasteiger partial charge on any atom is -0.480 e. The molecule has 0 bridgehead atoms. The first kappa shape index (κ1) is 15.7. The van der Waals surface area contributed by atoms with Crippen LogP contribution in [0.2, 0.25) is 0 Å². The Morgan fingerprint density at radius 2 is 1.95 bits per heavy atom. The predicted octanol–water partition coefficient (Wildman–Crippen LogP) is -0.752. The highest BCUT2D eigenvalue weighted by atomic mass is 16.4. The Balaban J connectivity index is 2.99. The minimum atomic E-state index is -1.14. The van der Waals surface area contributed by atoms with Crippen LogP contribution in [-0.4, -0.2) is 43.5 Å². The molecular formula is C12H17N3O5. The number of H-pyrrole nitrogens is 1. The maximum Gasteiger partial charge on any atom is 0.328 e. The van der Waals surface area contributed by atoms with Crippen LogP contribution >= 0.6 is 0 Å². The number of nitrogens with zero attached hydrogens (tertiary/aromatic N) is 2. The number of carbonyl (C=O) groups is 2. The second-order valence-corrected chi connectivity index (χ2v) is 5.28. The average molecular weight is 283 g/mol. The van der Waals surface area contributed by atoms with E-state index in [1.165, 1.54) is 6.20 Å². The zero-order valence-corrected chi connectivity index (χ0v) is 11.5. The second kappa shape index (κ2) is 5.72. The topological polar surface area (TPSA) is 112 Å². The first-order valence-electron chi connectivity index (χ1n) is 5.93.